The third-order valence-corrected chi connectivity index (χ3v) is 1.39. The predicted octanol–water partition coefficient (Wildman–Crippen LogP) is 0.660. The third-order valence-electron chi connectivity index (χ3n) is 1.39. The fourth-order valence-electron chi connectivity index (χ4n) is 0.719. The number of aliphatic hydroxyl groups is 1. The van der Waals surface area contributed by atoms with Gasteiger partial charge in [0.05, 0.1) is 18.4 Å². The predicted molar refractivity (Wildman–Crippen MR) is 37.3 cm³/mol. The summed E-state index contributed by atoms with van der Waals surface area (Å²) in [5, 5.41) is 9.01. The lowest BCUT2D eigenvalue weighted by atomic mass is 10.1. The van der Waals surface area contributed by atoms with Crippen LogP contribution in [0.25, 0.3) is 0 Å². The number of hydrogen-bond donors (Lipinski definition) is 2. The van der Waals surface area contributed by atoms with Crippen molar-refractivity contribution in [2.24, 2.45) is 5.73 Å². The first kappa shape index (κ1) is 7.31. The first-order valence-electron chi connectivity index (χ1n) is 3.19. The summed E-state index contributed by atoms with van der Waals surface area (Å²) in [4.78, 5) is 0. The van der Waals surface area contributed by atoms with E-state index in [0.29, 0.717) is 5.76 Å². The zero-order valence-electron chi connectivity index (χ0n) is 5.82. The van der Waals surface area contributed by atoms with Crippen LogP contribution in [0.2, 0.25) is 0 Å². The minimum atomic E-state index is -0.564. The quantitative estimate of drug-likeness (QED) is 0.636. The van der Waals surface area contributed by atoms with Crippen LogP contribution in [0.1, 0.15) is 18.7 Å². The second-order valence-corrected chi connectivity index (χ2v) is 2.28. The van der Waals surface area contributed by atoms with Gasteiger partial charge in [-0.15, -0.1) is 0 Å². The largest absolute Gasteiger partial charge is 0.468 e. The Morgan fingerprint density at radius 3 is 2.80 bits per heavy atom. The average Bonchev–Trinajstić information content (AvgIpc) is 2.36. The van der Waals surface area contributed by atoms with Crippen molar-refractivity contribution in [3.05, 3.63) is 24.2 Å². The first-order valence-corrected chi connectivity index (χ1v) is 3.19. The lowest BCUT2D eigenvalue weighted by molar-refractivity contribution is 0.153. The molecule has 0 aliphatic heterocycles. The summed E-state index contributed by atoms with van der Waals surface area (Å²) < 4.78 is 4.97. The SMILES string of the molecule is C[C@H](O)[C@@H](N)c1ccco1. The van der Waals surface area contributed by atoms with Crippen LogP contribution in [0.3, 0.4) is 0 Å². The molecule has 0 aliphatic rings. The Bertz CT molecular complexity index is 181. The fourth-order valence-corrected chi connectivity index (χ4v) is 0.719. The second kappa shape index (κ2) is 2.86. The average molecular weight is 141 g/mol. The van der Waals surface area contributed by atoms with Gasteiger partial charge in [0.25, 0.3) is 0 Å². The van der Waals surface area contributed by atoms with Crippen LogP contribution in [0.15, 0.2) is 22.8 Å². The topological polar surface area (TPSA) is 59.4 Å². The Hall–Kier alpha value is -0.800. The summed E-state index contributed by atoms with van der Waals surface area (Å²) >= 11 is 0. The molecule has 0 unspecified atom stereocenters. The van der Waals surface area contributed by atoms with Gasteiger partial charge in [0, 0.05) is 0 Å². The molecule has 10 heavy (non-hydrogen) atoms. The van der Waals surface area contributed by atoms with Crippen molar-refractivity contribution in [3.8, 4) is 0 Å². The van der Waals surface area contributed by atoms with Crippen molar-refractivity contribution in [3.63, 3.8) is 0 Å². The van der Waals surface area contributed by atoms with Crippen molar-refractivity contribution in [2.75, 3.05) is 0 Å². The van der Waals surface area contributed by atoms with Crippen molar-refractivity contribution >= 4 is 0 Å². The van der Waals surface area contributed by atoms with E-state index >= 15 is 0 Å². The summed E-state index contributed by atoms with van der Waals surface area (Å²) in [6.45, 7) is 1.63. The second-order valence-electron chi connectivity index (χ2n) is 2.28. The molecule has 0 radical (unpaired) electrons. The van der Waals surface area contributed by atoms with Crippen molar-refractivity contribution in [2.45, 2.75) is 19.1 Å². The fraction of sp³-hybridized carbons (Fsp3) is 0.429. The van der Waals surface area contributed by atoms with Crippen LogP contribution < -0.4 is 5.73 Å². The Morgan fingerprint density at radius 1 is 1.70 bits per heavy atom. The molecule has 1 aromatic rings. The molecule has 0 amide bonds. The molecule has 0 aliphatic carbocycles. The number of nitrogens with two attached hydrogens (primary N) is 1. The Labute approximate surface area is 59.5 Å². The standard InChI is InChI=1S/C7H11NO2/c1-5(9)7(8)6-3-2-4-10-6/h2-5,7,9H,8H2,1H3/t5-,7+/m0/s1. The number of aliphatic hydroxyl groups excluding tert-OH is 1. The van der Waals surface area contributed by atoms with E-state index in [-0.39, 0.29) is 0 Å². The van der Waals surface area contributed by atoms with Crippen LogP contribution in [0.4, 0.5) is 0 Å². The van der Waals surface area contributed by atoms with Crippen LogP contribution in [0.5, 0.6) is 0 Å². The molecule has 1 rings (SSSR count). The van der Waals surface area contributed by atoms with Gasteiger partial charge in [-0.3, -0.25) is 0 Å². The Morgan fingerprint density at radius 2 is 2.40 bits per heavy atom. The monoisotopic (exact) mass is 141 g/mol. The molecule has 0 saturated carbocycles. The maximum absolute atomic E-state index is 9.01. The molecule has 2 atom stereocenters. The number of hydrogen-bond acceptors (Lipinski definition) is 3. The van der Waals surface area contributed by atoms with Gasteiger partial charge < -0.3 is 15.3 Å². The molecule has 1 heterocycles. The van der Waals surface area contributed by atoms with Gasteiger partial charge in [-0.05, 0) is 19.1 Å². The Balaban J connectivity index is 2.68. The van der Waals surface area contributed by atoms with Crippen molar-refractivity contribution in [1.82, 2.24) is 0 Å². The van der Waals surface area contributed by atoms with E-state index in [1.54, 1.807) is 19.1 Å². The van der Waals surface area contributed by atoms with E-state index in [0.717, 1.165) is 0 Å². The van der Waals surface area contributed by atoms with Gasteiger partial charge in [-0.2, -0.15) is 0 Å². The molecule has 0 spiro atoms. The smallest absolute Gasteiger partial charge is 0.123 e. The molecule has 0 fully saturated rings. The van der Waals surface area contributed by atoms with Crippen LogP contribution >= 0.6 is 0 Å². The minimum Gasteiger partial charge on any atom is -0.468 e. The molecule has 0 aromatic carbocycles. The molecule has 3 nitrogen and oxygen atoms in total. The van der Waals surface area contributed by atoms with E-state index in [1.807, 2.05) is 0 Å². The maximum atomic E-state index is 9.01. The van der Waals surface area contributed by atoms with E-state index in [2.05, 4.69) is 0 Å². The van der Waals surface area contributed by atoms with Crippen molar-refractivity contribution in [1.29, 1.82) is 0 Å². The summed E-state index contributed by atoms with van der Waals surface area (Å²) in [5.41, 5.74) is 5.54. The van der Waals surface area contributed by atoms with Gasteiger partial charge in [0.2, 0.25) is 0 Å². The lowest BCUT2D eigenvalue weighted by Crippen LogP contribution is -2.22. The van der Waals surface area contributed by atoms with Gasteiger partial charge >= 0.3 is 0 Å². The minimum absolute atomic E-state index is 0.407. The van der Waals surface area contributed by atoms with E-state index < -0.39 is 12.1 Å². The number of furan rings is 1. The van der Waals surface area contributed by atoms with Gasteiger partial charge in [0.15, 0.2) is 0 Å². The third kappa shape index (κ3) is 1.37. The van der Waals surface area contributed by atoms with Gasteiger partial charge in [0.1, 0.15) is 5.76 Å². The van der Waals surface area contributed by atoms with Crippen molar-refractivity contribution < 1.29 is 9.52 Å². The van der Waals surface area contributed by atoms with Gasteiger partial charge in [-0.1, -0.05) is 0 Å². The van der Waals surface area contributed by atoms with Crippen LogP contribution in [-0.4, -0.2) is 11.2 Å². The normalized spacial score (nSPS) is 16.7. The highest BCUT2D eigenvalue weighted by Gasteiger charge is 2.13. The van der Waals surface area contributed by atoms with E-state index in [1.165, 1.54) is 6.26 Å². The first-order chi connectivity index (χ1) is 4.72. The highest BCUT2D eigenvalue weighted by Crippen LogP contribution is 2.13. The molecular formula is C7H11NO2. The maximum Gasteiger partial charge on any atom is 0.123 e. The molecule has 0 bridgehead atoms. The molecule has 56 valence electrons. The van der Waals surface area contributed by atoms with E-state index in [9.17, 15) is 0 Å². The summed E-state index contributed by atoms with van der Waals surface area (Å²) in [6, 6.07) is 3.09. The Kier molecular flexibility index (Phi) is 2.09. The van der Waals surface area contributed by atoms with Crippen LogP contribution in [0, 0.1) is 0 Å². The summed E-state index contributed by atoms with van der Waals surface area (Å²) in [5.74, 6) is 0.620. The highest BCUT2D eigenvalue weighted by molar-refractivity contribution is 5.04. The zero-order valence-corrected chi connectivity index (χ0v) is 5.82. The summed E-state index contributed by atoms with van der Waals surface area (Å²) in [6.07, 6.45) is 0.976. The van der Waals surface area contributed by atoms with Crippen LogP contribution in [-0.2, 0) is 0 Å². The molecule has 0 saturated heterocycles. The zero-order chi connectivity index (χ0) is 7.56. The van der Waals surface area contributed by atoms with Gasteiger partial charge in [-0.25, -0.2) is 0 Å². The van der Waals surface area contributed by atoms with E-state index in [4.69, 9.17) is 15.3 Å². The highest BCUT2D eigenvalue weighted by atomic mass is 16.3. The number of rotatable bonds is 2. The lowest BCUT2D eigenvalue weighted by Gasteiger charge is -2.10. The molecular weight excluding hydrogens is 130 g/mol. The molecule has 1 aromatic heterocycles. The summed E-state index contributed by atoms with van der Waals surface area (Å²) in [7, 11) is 0. The molecule has 3 N–H and O–H groups in total. The molecule has 3 heteroatoms.